The Labute approximate surface area is 119 Å². The lowest BCUT2D eigenvalue weighted by molar-refractivity contribution is -0.130. The van der Waals surface area contributed by atoms with Gasteiger partial charge in [0.25, 0.3) is 5.91 Å². The molecule has 0 fully saturated rings. The van der Waals surface area contributed by atoms with Crippen molar-refractivity contribution in [3.63, 3.8) is 0 Å². The van der Waals surface area contributed by atoms with E-state index in [1.807, 2.05) is 19.1 Å². The van der Waals surface area contributed by atoms with Crippen LogP contribution in [0.3, 0.4) is 0 Å². The highest BCUT2D eigenvalue weighted by Gasteiger charge is 2.13. The van der Waals surface area contributed by atoms with E-state index in [1.54, 1.807) is 20.2 Å². The van der Waals surface area contributed by atoms with Crippen LogP contribution in [0.2, 0.25) is 5.02 Å². The molecule has 1 rings (SSSR count). The van der Waals surface area contributed by atoms with Crippen LogP contribution in [-0.4, -0.2) is 37.6 Å². The Bertz CT molecular complexity index is 435. The Kier molecular flexibility index (Phi) is 6.12. The average molecular weight is 285 g/mol. The maximum atomic E-state index is 11.6. The molecule has 0 spiro atoms. The first kappa shape index (κ1) is 15.8. The lowest BCUT2D eigenvalue weighted by atomic mass is 10.0. The summed E-state index contributed by atoms with van der Waals surface area (Å²) in [5, 5.41) is 0.507. The van der Waals surface area contributed by atoms with Gasteiger partial charge in [-0.1, -0.05) is 30.7 Å². The molecule has 4 nitrogen and oxygen atoms in total. The van der Waals surface area contributed by atoms with Gasteiger partial charge < -0.3 is 15.4 Å². The van der Waals surface area contributed by atoms with E-state index in [-0.39, 0.29) is 18.6 Å². The van der Waals surface area contributed by atoms with Crippen molar-refractivity contribution in [2.24, 2.45) is 5.73 Å². The molecule has 0 heterocycles. The maximum Gasteiger partial charge on any atom is 0.259 e. The Morgan fingerprint density at radius 3 is 2.74 bits per heavy atom. The zero-order chi connectivity index (χ0) is 14.4. The Morgan fingerprint density at radius 2 is 2.16 bits per heavy atom. The second-order valence-corrected chi connectivity index (χ2v) is 5.08. The van der Waals surface area contributed by atoms with Crippen LogP contribution in [-0.2, 0) is 11.2 Å². The predicted molar refractivity (Wildman–Crippen MR) is 77.6 cm³/mol. The summed E-state index contributed by atoms with van der Waals surface area (Å²) in [6, 6.07) is 5.60. The van der Waals surface area contributed by atoms with E-state index in [9.17, 15) is 4.79 Å². The topological polar surface area (TPSA) is 55.6 Å². The number of ether oxygens (including phenoxy) is 1. The Balaban J connectivity index is 2.83. The minimum atomic E-state index is -0.106. The molecular weight excluding hydrogens is 264 g/mol. The number of para-hydroxylation sites is 1. The molecule has 1 atom stereocenters. The summed E-state index contributed by atoms with van der Waals surface area (Å²) in [7, 11) is 3.37. The molecule has 0 aliphatic rings. The van der Waals surface area contributed by atoms with E-state index >= 15 is 0 Å². The highest BCUT2D eigenvalue weighted by atomic mass is 35.5. The van der Waals surface area contributed by atoms with Gasteiger partial charge in [-0.25, -0.2) is 0 Å². The number of rotatable bonds is 6. The van der Waals surface area contributed by atoms with Gasteiger partial charge in [-0.2, -0.15) is 0 Å². The van der Waals surface area contributed by atoms with Crippen molar-refractivity contribution < 1.29 is 9.53 Å². The van der Waals surface area contributed by atoms with Crippen LogP contribution < -0.4 is 10.5 Å². The fourth-order valence-corrected chi connectivity index (χ4v) is 1.81. The number of nitrogens with zero attached hydrogens (tertiary/aromatic N) is 1. The van der Waals surface area contributed by atoms with E-state index in [2.05, 4.69) is 0 Å². The molecule has 0 aromatic heterocycles. The molecule has 106 valence electrons. The third kappa shape index (κ3) is 4.73. The lowest BCUT2D eigenvalue weighted by Crippen LogP contribution is -2.28. The molecule has 2 N–H and O–H groups in total. The van der Waals surface area contributed by atoms with E-state index in [0.29, 0.717) is 17.2 Å². The highest BCUT2D eigenvalue weighted by Crippen LogP contribution is 2.29. The van der Waals surface area contributed by atoms with E-state index in [4.69, 9.17) is 22.1 Å². The number of amides is 1. The Morgan fingerprint density at radius 1 is 1.47 bits per heavy atom. The molecule has 0 saturated carbocycles. The summed E-state index contributed by atoms with van der Waals surface area (Å²) >= 11 is 6.13. The fourth-order valence-electron chi connectivity index (χ4n) is 1.57. The molecule has 1 unspecified atom stereocenters. The maximum absolute atomic E-state index is 11.6. The van der Waals surface area contributed by atoms with E-state index < -0.39 is 0 Å². The summed E-state index contributed by atoms with van der Waals surface area (Å²) in [5.74, 6) is 0.453. The number of hydrogen-bond acceptors (Lipinski definition) is 3. The second-order valence-electron chi connectivity index (χ2n) is 4.68. The zero-order valence-electron chi connectivity index (χ0n) is 11.6. The number of benzene rings is 1. The summed E-state index contributed by atoms with van der Waals surface area (Å²) in [6.45, 7) is 2.01. The van der Waals surface area contributed by atoms with Crippen LogP contribution in [0.5, 0.6) is 5.75 Å². The molecule has 0 aliphatic heterocycles. The van der Waals surface area contributed by atoms with Gasteiger partial charge in [0.2, 0.25) is 0 Å². The van der Waals surface area contributed by atoms with Gasteiger partial charge in [0, 0.05) is 20.1 Å². The monoisotopic (exact) mass is 284 g/mol. The van der Waals surface area contributed by atoms with Crippen molar-refractivity contribution in [3.05, 3.63) is 28.8 Å². The van der Waals surface area contributed by atoms with Crippen LogP contribution >= 0.6 is 11.6 Å². The number of halogens is 1. The summed E-state index contributed by atoms with van der Waals surface area (Å²) in [4.78, 5) is 13.0. The molecule has 1 aromatic carbocycles. The van der Waals surface area contributed by atoms with Crippen molar-refractivity contribution in [2.45, 2.75) is 25.8 Å². The second kappa shape index (κ2) is 7.36. The van der Waals surface area contributed by atoms with Crippen LogP contribution in [0.1, 0.15) is 18.9 Å². The van der Waals surface area contributed by atoms with Gasteiger partial charge >= 0.3 is 0 Å². The summed E-state index contributed by atoms with van der Waals surface area (Å²) < 4.78 is 5.56. The van der Waals surface area contributed by atoms with Crippen LogP contribution in [0.4, 0.5) is 0 Å². The van der Waals surface area contributed by atoms with E-state index in [0.717, 1.165) is 12.0 Å². The van der Waals surface area contributed by atoms with Crippen LogP contribution in [0.15, 0.2) is 18.2 Å². The molecule has 19 heavy (non-hydrogen) atoms. The first-order valence-electron chi connectivity index (χ1n) is 6.31. The number of likely N-dealkylation sites (N-methyl/N-ethyl adjacent to an activating group) is 1. The van der Waals surface area contributed by atoms with Gasteiger partial charge in [-0.05, 0) is 24.5 Å². The van der Waals surface area contributed by atoms with Gasteiger partial charge in [0.15, 0.2) is 6.61 Å². The van der Waals surface area contributed by atoms with E-state index in [1.165, 1.54) is 4.90 Å². The first-order chi connectivity index (χ1) is 8.95. The molecule has 0 aliphatic carbocycles. The minimum Gasteiger partial charge on any atom is -0.482 e. The molecule has 1 amide bonds. The number of nitrogens with two attached hydrogens (primary N) is 1. The largest absolute Gasteiger partial charge is 0.482 e. The third-order valence-corrected chi connectivity index (χ3v) is 3.19. The zero-order valence-corrected chi connectivity index (χ0v) is 12.4. The van der Waals surface area contributed by atoms with Crippen molar-refractivity contribution in [1.29, 1.82) is 0 Å². The number of carbonyl (C=O) groups excluding carboxylic acids is 1. The van der Waals surface area contributed by atoms with Crippen molar-refractivity contribution >= 4 is 17.5 Å². The number of hydrogen-bond donors (Lipinski definition) is 1. The average Bonchev–Trinajstić information content (AvgIpc) is 2.37. The Hall–Kier alpha value is -1.26. The van der Waals surface area contributed by atoms with Gasteiger partial charge in [0.05, 0.1) is 5.02 Å². The van der Waals surface area contributed by atoms with Crippen molar-refractivity contribution in [2.75, 3.05) is 20.7 Å². The molecule has 1 aromatic rings. The predicted octanol–water partition coefficient (Wildman–Crippen LogP) is 2.09. The van der Waals surface area contributed by atoms with Crippen LogP contribution in [0.25, 0.3) is 0 Å². The molecule has 5 heteroatoms. The fraction of sp³-hybridized carbons (Fsp3) is 0.500. The molecule has 0 saturated heterocycles. The van der Waals surface area contributed by atoms with Crippen molar-refractivity contribution in [1.82, 2.24) is 4.90 Å². The molecule has 0 bridgehead atoms. The van der Waals surface area contributed by atoms with Crippen molar-refractivity contribution in [3.8, 4) is 5.75 Å². The lowest BCUT2D eigenvalue weighted by Gasteiger charge is -2.17. The summed E-state index contributed by atoms with van der Waals surface area (Å²) in [5.41, 5.74) is 6.89. The summed E-state index contributed by atoms with van der Waals surface area (Å²) in [6.07, 6.45) is 1.56. The number of carbonyl (C=O) groups is 1. The van der Waals surface area contributed by atoms with Gasteiger partial charge in [-0.15, -0.1) is 0 Å². The normalized spacial score (nSPS) is 12.1. The SMILES string of the molecule is CCC(N)Cc1cccc(Cl)c1OCC(=O)N(C)C. The quantitative estimate of drug-likeness (QED) is 0.870. The first-order valence-corrected chi connectivity index (χ1v) is 6.69. The van der Waals surface area contributed by atoms with Gasteiger partial charge in [-0.3, -0.25) is 4.79 Å². The standard InChI is InChI=1S/C14H21ClN2O2/c1-4-11(16)8-10-6-5-7-12(15)14(10)19-9-13(18)17(2)3/h5-7,11H,4,8-9,16H2,1-3H3. The van der Waals surface area contributed by atoms with Crippen LogP contribution in [0, 0.1) is 0 Å². The third-order valence-electron chi connectivity index (χ3n) is 2.89. The van der Waals surface area contributed by atoms with Gasteiger partial charge in [0.1, 0.15) is 5.75 Å². The molecular formula is C14H21ClN2O2. The molecule has 0 radical (unpaired) electrons. The highest BCUT2D eigenvalue weighted by molar-refractivity contribution is 6.32. The smallest absolute Gasteiger partial charge is 0.259 e. The minimum absolute atomic E-state index is 0.0227.